The third-order valence-electron chi connectivity index (χ3n) is 1.97. The molecule has 0 aliphatic rings. The van der Waals surface area contributed by atoms with E-state index in [1.807, 2.05) is 13.8 Å². The molecule has 0 heterocycles. The zero-order chi connectivity index (χ0) is 11.8. The SMILES string of the molecule is CC(C)CCC(=O)NCCC(O)C(=O)O. The van der Waals surface area contributed by atoms with E-state index < -0.39 is 12.1 Å². The minimum atomic E-state index is -1.39. The highest BCUT2D eigenvalue weighted by atomic mass is 16.4. The first-order valence-corrected chi connectivity index (χ1v) is 5.11. The van der Waals surface area contributed by atoms with Crippen LogP contribution >= 0.6 is 0 Å². The third-order valence-corrected chi connectivity index (χ3v) is 1.97. The Hall–Kier alpha value is -1.10. The van der Waals surface area contributed by atoms with Gasteiger partial charge >= 0.3 is 5.97 Å². The van der Waals surface area contributed by atoms with E-state index in [2.05, 4.69) is 5.32 Å². The maximum Gasteiger partial charge on any atom is 0.332 e. The van der Waals surface area contributed by atoms with Gasteiger partial charge in [0.05, 0.1) is 0 Å². The standard InChI is InChI=1S/C10H19NO4/c1-7(2)3-4-9(13)11-6-5-8(12)10(14)15/h7-8,12H,3-6H2,1-2H3,(H,11,13)(H,14,15). The Morgan fingerprint density at radius 1 is 1.27 bits per heavy atom. The molecular weight excluding hydrogens is 198 g/mol. The van der Waals surface area contributed by atoms with Gasteiger partial charge in [-0.05, 0) is 12.3 Å². The molecule has 0 fully saturated rings. The predicted molar refractivity (Wildman–Crippen MR) is 55.3 cm³/mol. The van der Waals surface area contributed by atoms with E-state index in [-0.39, 0.29) is 18.9 Å². The molecule has 0 rings (SSSR count). The lowest BCUT2D eigenvalue weighted by Gasteiger charge is -2.08. The van der Waals surface area contributed by atoms with Crippen molar-refractivity contribution in [3.8, 4) is 0 Å². The number of amides is 1. The molecule has 0 aromatic rings. The fourth-order valence-corrected chi connectivity index (χ4v) is 0.980. The summed E-state index contributed by atoms with van der Waals surface area (Å²) in [4.78, 5) is 21.4. The number of hydrogen-bond donors (Lipinski definition) is 3. The number of carboxylic acids is 1. The van der Waals surface area contributed by atoms with Gasteiger partial charge in [-0.15, -0.1) is 0 Å². The van der Waals surface area contributed by atoms with Crippen molar-refractivity contribution >= 4 is 11.9 Å². The second kappa shape index (κ2) is 7.23. The van der Waals surface area contributed by atoms with Crippen molar-refractivity contribution in [1.29, 1.82) is 0 Å². The largest absolute Gasteiger partial charge is 0.479 e. The van der Waals surface area contributed by atoms with Gasteiger partial charge in [-0.2, -0.15) is 0 Å². The van der Waals surface area contributed by atoms with E-state index in [1.54, 1.807) is 0 Å². The summed E-state index contributed by atoms with van der Waals surface area (Å²) in [5, 5.41) is 19.8. The predicted octanol–water partition coefficient (Wildman–Crippen LogP) is 0.374. The Balaban J connectivity index is 3.51. The monoisotopic (exact) mass is 217 g/mol. The third kappa shape index (κ3) is 7.93. The molecular formula is C10H19NO4. The second-order valence-electron chi connectivity index (χ2n) is 3.93. The van der Waals surface area contributed by atoms with Crippen molar-refractivity contribution in [2.75, 3.05) is 6.54 Å². The Bertz CT molecular complexity index is 215. The van der Waals surface area contributed by atoms with Crippen LogP contribution < -0.4 is 5.32 Å². The Morgan fingerprint density at radius 2 is 1.87 bits per heavy atom. The average molecular weight is 217 g/mol. The summed E-state index contributed by atoms with van der Waals surface area (Å²) in [5.41, 5.74) is 0. The molecule has 0 radical (unpaired) electrons. The zero-order valence-electron chi connectivity index (χ0n) is 9.19. The Labute approximate surface area is 89.5 Å². The smallest absolute Gasteiger partial charge is 0.332 e. The molecule has 5 heteroatoms. The molecule has 88 valence electrons. The highest BCUT2D eigenvalue weighted by Crippen LogP contribution is 2.02. The van der Waals surface area contributed by atoms with Gasteiger partial charge in [0.1, 0.15) is 0 Å². The lowest BCUT2D eigenvalue weighted by Crippen LogP contribution is -2.30. The molecule has 1 unspecified atom stereocenters. The summed E-state index contributed by atoms with van der Waals surface area (Å²) in [6.07, 6.45) is -0.0907. The van der Waals surface area contributed by atoms with Gasteiger partial charge in [-0.25, -0.2) is 4.79 Å². The van der Waals surface area contributed by atoms with Crippen LogP contribution in [0.1, 0.15) is 33.1 Å². The minimum absolute atomic E-state index is 0.0444. The zero-order valence-corrected chi connectivity index (χ0v) is 9.19. The van der Waals surface area contributed by atoms with Gasteiger partial charge in [-0.3, -0.25) is 4.79 Å². The van der Waals surface area contributed by atoms with Crippen LogP contribution in [-0.4, -0.2) is 34.7 Å². The summed E-state index contributed by atoms with van der Waals surface area (Å²) in [7, 11) is 0. The molecule has 0 saturated heterocycles. The number of nitrogens with one attached hydrogen (secondary N) is 1. The van der Waals surface area contributed by atoms with Crippen LogP contribution in [0.3, 0.4) is 0 Å². The molecule has 5 nitrogen and oxygen atoms in total. The van der Waals surface area contributed by atoms with Crippen LogP contribution in [0.4, 0.5) is 0 Å². The van der Waals surface area contributed by atoms with E-state index in [4.69, 9.17) is 10.2 Å². The number of aliphatic hydroxyl groups is 1. The fraction of sp³-hybridized carbons (Fsp3) is 0.800. The lowest BCUT2D eigenvalue weighted by atomic mass is 10.1. The van der Waals surface area contributed by atoms with E-state index in [0.717, 1.165) is 6.42 Å². The van der Waals surface area contributed by atoms with Gasteiger partial charge < -0.3 is 15.5 Å². The van der Waals surface area contributed by atoms with Gasteiger partial charge in [0.2, 0.25) is 5.91 Å². The van der Waals surface area contributed by atoms with Crippen LogP contribution in [0.15, 0.2) is 0 Å². The number of carboxylic acid groups (broad SMARTS) is 1. The molecule has 0 bridgehead atoms. The van der Waals surface area contributed by atoms with Crippen molar-refractivity contribution in [3.05, 3.63) is 0 Å². The molecule has 0 spiro atoms. The van der Waals surface area contributed by atoms with Crippen LogP contribution in [-0.2, 0) is 9.59 Å². The highest BCUT2D eigenvalue weighted by molar-refractivity contribution is 5.76. The van der Waals surface area contributed by atoms with Crippen molar-refractivity contribution < 1.29 is 19.8 Å². The number of carbonyl (C=O) groups is 2. The van der Waals surface area contributed by atoms with Gasteiger partial charge in [0.15, 0.2) is 6.10 Å². The molecule has 0 aromatic carbocycles. The van der Waals surface area contributed by atoms with Gasteiger partial charge in [0, 0.05) is 19.4 Å². The van der Waals surface area contributed by atoms with Crippen molar-refractivity contribution in [2.45, 2.75) is 39.2 Å². The topological polar surface area (TPSA) is 86.6 Å². The van der Waals surface area contributed by atoms with Crippen LogP contribution in [0.2, 0.25) is 0 Å². The first-order chi connectivity index (χ1) is 6.93. The van der Waals surface area contributed by atoms with Crippen molar-refractivity contribution in [1.82, 2.24) is 5.32 Å². The number of aliphatic hydroxyl groups excluding tert-OH is 1. The van der Waals surface area contributed by atoms with Gasteiger partial charge in [-0.1, -0.05) is 13.8 Å². The summed E-state index contributed by atoms with van der Waals surface area (Å²) in [6, 6.07) is 0. The molecule has 0 aromatic heterocycles. The van der Waals surface area contributed by atoms with E-state index >= 15 is 0 Å². The summed E-state index contributed by atoms with van der Waals surface area (Å²) < 4.78 is 0. The van der Waals surface area contributed by atoms with Crippen molar-refractivity contribution in [3.63, 3.8) is 0 Å². The molecule has 0 aliphatic carbocycles. The van der Waals surface area contributed by atoms with Crippen molar-refractivity contribution in [2.24, 2.45) is 5.92 Å². The highest BCUT2D eigenvalue weighted by Gasteiger charge is 2.12. The lowest BCUT2D eigenvalue weighted by molar-refractivity contribution is -0.147. The van der Waals surface area contributed by atoms with E-state index in [1.165, 1.54) is 0 Å². The van der Waals surface area contributed by atoms with Gasteiger partial charge in [0.25, 0.3) is 0 Å². The quantitative estimate of drug-likeness (QED) is 0.575. The fourth-order valence-electron chi connectivity index (χ4n) is 0.980. The number of hydrogen-bond acceptors (Lipinski definition) is 3. The molecule has 0 aliphatic heterocycles. The van der Waals surface area contributed by atoms with Crippen LogP contribution in [0, 0.1) is 5.92 Å². The number of carbonyl (C=O) groups excluding carboxylic acids is 1. The Kier molecular flexibility index (Phi) is 6.70. The summed E-state index contributed by atoms with van der Waals surface area (Å²) in [6.45, 7) is 4.26. The minimum Gasteiger partial charge on any atom is -0.479 e. The summed E-state index contributed by atoms with van der Waals surface area (Å²) >= 11 is 0. The van der Waals surface area contributed by atoms with E-state index in [0.29, 0.717) is 12.3 Å². The average Bonchev–Trinajstić information content (AvgIpc) is 2.14. The Morgan fingerprint density at radius 3 is 2.33 bits per heavy atom. The first kappa shape index (κ1) is 13.9. The second-order valence-corrected chi connectivity index (χ2v) is 3.93. The number of rotatable bonds is 7. The number of aliphatic carboxylic acids is 1. The van der Waals surface area contributed by atoms with Crippen LogP contribution in [0.25, 0.3) is 0 Å². The summed E-state index contributed by atoms with van der Waals surface area (Å²) in [5.74, 6) is -0.881. The first-order valence-electron chi connectivity index (χ1n) is 5.11. The van der Waals surface area contributed by atoms with E-state index in [9.17, 15) is 9.59 Å². The molecule has 3 N–H and O–H groups in total. The molecule has 1 amide bonds. The maximum absolute atomic E-state index is 11.2. The van der Waals surface area contributed by atoms with Crippen LogP contribution in [0.5, 0.6) is 0 Å². The molecule has 15 heavy (non-hydrogen) atoms. The maximum atomic E-state index is 11.2. The molecule has 0 saturated carbocycles. The normalized spacial score (nSPS) is 12.5. The molecule has 1 atom stereocenters.